The Balaban J connectivity index is 2.74. The Morgan fingerprint density at radius 2 is 2.23 bits per heavy atom. The number of rotatable bonds is 2. The second kappa shape index (κ2) is 2.87. The Bertz CT molecular complexity index is 384. The third kappa shape index (κ3) is 1.05. The monoisotopic (exact) mass is 176 g/mol. The van der Waals surface area contributed by atoms with Gasteiger partial charge in [-0.2, -0.15) is 0 Å². The van der Waals surface area contributed by atoms with Gasteiger partial charge in [0, 0.05) is 6.20 Å². The molecular weight excluding hydrogens is 168 g/mol. The number of ether oxygens (including phenoxy) is 2. The highest BCUT2D eigenvalue weighted by atomic mass is 16.5. The second-order valence-corrected chi connectivity index (χ2v) is 2.46. The first-order chi connectivity index (χ1) is 6.36. The Labute approximate surface area is 75.5 Å². The lowest BCUT2D eigenvalue weighted by molar-refractivity contribution is 0.394. The van der Waals surface area contributed by atoms with Gasteiger partial charge in [-0.3, -0.25) is 0 Å². The SMILES string of the molecule is COc1cnc(OC)c2[nH]c#cc12. The molecule has 0 saturated carbocycles. The van der Waals surface area contributed by atoms with Gasteiger partial charge in [0.05, 0.1) is 25.8 Å². The Hall–Kier alpha value is -1.89. The van der Waals surface area contributed by atoms with E-state index in [4.69, 9.17) is 9.47 Å². The van der Waals surface area contributed by atoms with E-state index in [1.165, 1.54) is 0 Å². The summed E-state index contributed by atoms with van der Waals surface area (Å²) in [6, 6.07) is 2.89. The van der Waals surface area contributed by atoms with Crippen molar-refractivity contribution in [1.29, 1.82) is 0 Å². The molecule has 0 radical (unpaired) electrons. The molecule has 0 atom stereocenters. The van der Waals surface area contributed by atoms with Gasteiger partial charge >= 0.3 is 0 Å². The van der Waals surface area contributed by atoms with Gasteiger partial charge in [0.1, 0.15) is 5.52 Å². The number of pyridine rings is 1. The highest BCUT2D eigenvalue weighted by Crippen LogP contribution is 2.27. The van der Waals surface area contributed by atoms with E-state index in [1.54, 1.807) is 20.4 Å². The van der Waals surface area contributed by atoms with Crippen LogP contribution in [0.1, 0.15) is 0 Å². The average Bonchev–Trinajstić information content (AvgIpc) is 2.64. The molecule has 0 bridgehead atoms. The Kier molecular flexibility index (Phi) is 1.71. The van der Waals surface area contributed by atoms with Crippen LogP contribution < -0.4 is 9.47 Å². The number of methoxy groups -OCH3 is 2. The third-order valence-corrected chi connectivity index (χ3v) is 1.80. The van der Waals surface area contributed by atoms with Crippen LogP contribution in [0.25, 0.3) is 10.9 Å². The maximum atomic E-state index is 5.10. The summed E-state index contributed by atoms with van der Waals surface area (Å²) >= 11 is 0. The summed E-state index contributed by atoms with van der Waals surface area (Å²) in [5.41, 5.74) is 0.752. The van der Waals surface area contributed by atoms with Gasteiger partial charge in [0.15, 0.2) is 5.75 Å². The van der Waals surface area contributed by atoms with E-state index >= 15 is 0 Å². The van der Waals surface area contributed by atoms with E-state index in [0.717, 1.165) is 10.9 Å². The molecule has 2 aromatic rings. The molecule has 0 unspecified atom stereocenters. The number of hydrogen-bond donors (Lipinski definition) is 1. The number of fused-ring (bicyclic) bond motifs is 1. The van der Waals surface area contributed by atoms with E-state index in [-0.39, 0.29) is 0 Å². The summed E-state index contributed by atoms with van der Waals surface area (Å²) < 4.78 is 10.1. The van der Waals surface area contributed by atoms with Crippen molar-refractivity contribution in [3.63, 3.8) is 0 Å². The van der Waals surface area contributed by atoms with E-state index in [2.05, 4.69) is 22.2 Å². The van der Waals surface area contributed by atoms with E-state index < -0.39 is 0 Å². The van der Waals surface area contributed by atoms with Gasteiger partial charge in [-0.1, -0.05) is 0 Å². The largest absolute Gasteiger partial charge is 0.494 e. The summed E-state index contributed by atoms with van der Waals surface area (Å²) in [6.07, 6.45) is 4.33. The number of H-pyrrole nitrogens is 1. The van der Waals surface area contributed by atoms with Gasteiger partial charge in [-0.15, -0.1) is 0 Å². The molecule has 13 heavy (non-hydrogen) atoms. The van der Waals surface area contributed by atoms with Gasteiger partial charge in [-0.25, -0.2) is 4.98 Å². The fraction of sp³-hybridized carbons (Fsp3) is 0.222. The van der Waals surface area contributed by atoms with Crippen LogP contribution in [-0.4, -0.2) is 24.2 Å². The normalized spacial score (nSPS) is 9.69. The fourth-order valence-corrected chi connectivity index (χ4v) is 1.18. The Morgan fingerprint density at radius 1 is 1.38 bits per heavy atom. The highest BCUT2D eigenvalue weighted by Gasteiger charge is 2.08. The van der Waals surface area contributed by atoms with Crippen molar-refractivity contribution in [2.24, 2.45) is 0 Å². The fourth-order valence-electron chi connectivity index (χ4n) is 1.18. The van der Waals surface area contributed by atoms with E-state index in [9.17, 15) is 0 Å². The number of aromatic amines is 1. The summed E-state index contributed by atoms with van der Waals surface area (Å²) in [6.45, 7) is 0. The van der Waals surface area contributed by atoms with Crippen LogP contribution in [0.3, 0.4) is 0 Å². The van der Waals surface area contributed by atoms with E-state index in [1.807, 2.05) is 0 Å². The van der Waals surface area contributed by atoms with Crippen LogP contribution in [0.5, 0.6) is 11.6 Å². The first-order valence-corrected chi connectivity index (χ1v) is 3.75. The first-order valence-electron chi connectivity index (χ1n) is 3.75. The summed E-state index contributed by atoms with van der Waals surface area (Å²) in [4.78, 5) is 6.92. The maximum Gasteiger partial charge on any atom is 0.239 e. The highest BCUT2D eigenvalue weighted by molar-refractivity contribution is 5.87. The molecule has 0 amide bonds. The molecule has 66 valence electrons. The molecule has 0 aliphatic rings. The van der Waals surface area contributed by atoms with Crippen molar-refractivity contribution >= 4 is 10.9 Å². The predicted molar refractivity (Wildman–Crippen MR) is 46.9 cm³/mol. The van der Waals surface area contributed by atoms with Crippen LogP contribution >= 0.6 is 0 Å². The zero-order chi connectivity index (χ0) is 9.26. The molecule has 2 rings (SSSR count). The standard InChI is InChI=1S/C9H8N2O2/c1-12-7-5-11-9(13-2)8-6(7)3-4-10-8/h5,10H,1-2H3. The molecule has 1 N–H and O–H groups in total. The zero-order valence-electron chi connectivity index (χ0n) is 7.34. The molecule has 0 fully saturated rings. The molecule has 4 nitrogen and oxygen atoms in total. The van der Waals surface area contributed by atoms with Crippen molar-refractivity contribution in [3.05, 3.63) is 18.5 Å². The van der Waals surface area contributed by atoms with Crippen molar-refractivity contribution in [1.82, 2.24) is 9.97 Å². The molecule has 0 saturated heterocycles. The molecular formula is C9H8N2O2. The quantitative estimate of drug-likeness (QED) is 0.747. The van der Waals surface area contributed by atoms with Crippen molar-refractivity contribution in [2.45, 2.75) is 0 Å². The molecule has 0 aliphatic carbocycles. The number of nitrogens with zero attached hydrogens (tertiary/aromatic N) is 1. The molecule has 0 spiro atoms. The van der Waals surface area contributed by atoms with Gasteiger partial charge in [0.2, 0.25) is 5.88 Å². The molecule has 2 aromatic heterocycles. The van der Waals surface area contributed by atoms with Crippen molar-refractivity contribution in [2.75, 3.05) is 14.2 Å². The zero-order valence-corrected chi connectivity index (χ0v) is 7.34. The number of aromatic nitrogens is 2. The van der Waals surface area contributed by atoms with Crippen LogP contribution in [0, 0.1) is 12.3 Å². The van der Waals surface area contributed by atoms with Crippen molar-refractivity contribution < 1.29 is 9.47 Å². The predicted octanol–water partition coefficient (Wildman–Crippen LogP) is 1.18. The van der Waals surface area contributed by atoms with Gasteiger partial charge in [0.25, 0.3) is 0 Å². The maximum absolute atomic E-state index is 5.10. The van der Waals surface area contributed by atoms with Crippen molar-refractivity contribution in [3.8, 4) is 11.6 Å². The lowest BCUT2D eigenvalue weighted by atomic mass is 10.3. The lowest BCUT2D eigenvalue weighted by Gasteiger charge is -2.03. The van der Waals surface area contributed by atoms with Crippen LogP contribution in [0.2, 0.25) is 0 Å². The smallest absolute Gasteiger partial charge is 0.239 e. The first kappa shape index (κ1) is 7.74. The van der Waals surface area contributed by atoms with Crippen LogP contribution in [0.15, 0.2) is 6.20 Å². The minimum Gasteiger partial charge on any atom is -0.494 e. The second-order valence-electron chi connectivity index (χ2n) is 2.46. The van der Waals surface area contributed by atoms with Crippen LogP contribution in [-0.2, 0) is 0 Å². The van der Waals surface area contributed by atoms with Gasteiger partial charge in [-0.05, 0) is 6.07 Å². The lowest BCUT2D eigenvalue weighted by Crippen LogP contribution is -1.91. The number of hydrogen-bond acceptors (Lipinski definition) is 3. The minimum absolute atomic E-state index is 0.522. The molecule has 0 aliphatic heterocycles. The topological polar surface area (TPSA) is 47.1 Å². The summed E-state index contributed by atoms with van der Waals surface area (Å²) in [7, 11) is 3.15. The third-order valence-electron chi connectivity index (χ3n) is 1.80. The summed E-state index contributed by atoms with van der Waals surface area (Å²) in [5.74, 6) is 1.18. The average molecular weight is 176 g/mol. The number of nitrogens with one attached hydrogen (secondary N) is 1. The Morgan fingerprint density at radius 3 is 2.92 bits per heavy atom. The van der Waals surface area contributed by atoms with Gasteiger partial charge < -0.3 is 14.5 Å². The van der Waals surface area contributed by atoms with Crippen LogP contribution in [0.4, 0.5) is 0 Å². The summed E-state index contributed by atoms with van der Waals surface area (Å²) in [5, 5.41) is 0.800. The molecule has 2 heterocycles. The van der Waals surface area contributed by atoms with E-state index in [0.29, 0.717) is 11.6 Å². The molecule has 0 aromatic carbocycles. The molecule has 4 heteroatoms. The minimum atomic E-state index is 0.522.